The van der Waals surface area contributed by atoms with Crippen LogP contribution in [0.15, 0.2) is 22.6 Å². The molecule has 6 nitrogen and oxygen atoms in total. The zero-order chi connectivity index (χ0) is 14.6. The summed E-state index contributed by atoms with van der Waals surface area (Å²) >= 11 is 0. The molecule has 0 radical (unpaired) electrons. The fourth-order valence-corrected chi connectivity index (χ4v) is 3.53. The fraction of sp³-hybridized carbons (Fsp3) is 0.462. The topological polar surface area (TPSA) is 79.6 Å². The molecule has 0 aliphatic carbocycles. The molecule has 0 bridgehead atoms. The minimum Gasteiger partial charge on any atom is -0.462 e. The molecular formula is C13H18N2O4S. The van der Waals surface area contributed by atoms with Crippen LogP contribution in [0.2, 0.25) is 0 Å². The lowest BCUT2D eigenvalue weighted by Gasteiger charge is -2.13. The number of carbonyl (C=O) groups excluding carboxylic acids is 1. The van der Waals surface area contributed by atoms with Crippen molar-refractivity contribution >= 4 is 22.0 Å². The van der Waals surface area contributed by atoms with Gasteiger partial charge in [-0.2, -0.15) is 0 Å². The minimum absolute atomic E-state index is 0.207. The van der Waals surface area contributed by atoms with E-state index >= 15 is 0 Å². The van der Waals surface area contributed by atoms with E-state index in [1.165, 1.54) is 10.4 Å². The van der Waals surface area contributed by atoms with E-state index in [0.717, 1.165) is 5.76 Å². The van der Waals surface area contributed by atoms with Crippen molar-refractivity contribution in [1.82, 2.24) is 9.62 Å². The van der Waals surface area contributed by atoms with E-state index in [9.17, 15) is 13.2 Å². The molecule has 0 unspecified atom stereocenters. The van der Waals surface area contributed by atoms with Crippen LogP contribution in [0, 0.1) is 6.92 Å². The van der Waals surface area contributed by atoms with Crippen molar-refractivity contribution in [2.75, 3.05) is 25.4 Å². The van der Waals surface area contributed by atoms with E-state index in [4.69, 9.17) is 4.42 Å². The van der Waals surface area contributed by atoms with Gasteiger partial charge in [0, 0.05) is 25.7 Å². The number of hydrogen-bond acceptors (Lipinski definition) is 4. The summed E-state index contributed by atoms with van der Waals surface area (Å²) in [4.78, 5) is 11.6. The van der Waals surface area contributed by atoms with Gasteiger partial charge in [0.2, 0.25) is 15.9 Å². The number of sulfonamides is 1. The Morgan fingerprint density at radius 3 is 2.90 bits per heavy atom. The Morgan fingerprint density at radius 2 is 2.30 bits per heavy atom. The van der Waals surface area contributed by atoms with Crippen molar-refractivity contribution < 1.29 is 17.6 Å². The third-order valence-electron chi connectivity index (χ3n) is 3.02. The highest BCUT2D eigenvalue weighted by molar-refractivity contribution is 7.89. The van der Waals surface area contributed by atoms with Crippen LogP contribution in [-0.2, 0) is 14.8 Å². The Bertz CT molecular complexity index is 604. The molecule has 0 spiro atoms. The monoisotopic (exact) mass is 298 g/mol. The van der Waals surface area contributed by atoms with Gasteiger partial charge >= 0.3 is 0 Å². The highest BCUT2D eigenvalue weighted by Crippen LogP contribution is 2.11. The molecule has 1 amide bonds. The molecule has 2 heterocycles. The molecule has 20 heavy (non-hydrogen) atoms. The van der Waals surface area contributed by atoms with Crippen LogP contribution < -0.4 is 5.32 Å². The molecule has 1 aliphatic rings. The molecule has 0 atom stereocenters. The summed E-state index contributed by atoms with van der Waals surface area (Å²) in [7, 11) is -3.09. The molecular weight excluding hydrogens is 280 g/mol. The smallest absolute Gasteiger partial charge is 0.244 e. The number of nitrogens with one attached hydrogen (secondary N) is 1. The fourth-order valence-electron chi connectivity index (χ4n) is 2.01. The highest BCUT2D eigenvalue weighted by Gasteiger charge is 2.27. The summed E-state index contributed by atoms with van der Waals surface area (Å²) in [6.45, 7) is 3.00. The zero-order valence-corrected chi connectivity index (χ0v) is 12.1. The quantitative estimate of drug-likeness (QED) is 0.814. The van der Waals surface area contributed by atoms with Gasteiger partial charge in [-0.15, -0.1) is 0 Å². The van der Waals surface area contributed by atoms with Gasteiger partial charge in [0.05, 0.1) is 5.75 Å². The standard InChI is InChI=1S/C13H18N2O4S/c1-11-3-4-12(19-11)5-6-13(16)14-7-9-15-8-2-10-20(15,17)18/h3-6H,2,7-10H2,1H3,(H,14,16)/b6-5+. The molecule has 1 aromatic heterocycles. The number of furan rings is 1. The summed E-state index contributed by atoms with van der Waals surface area (Å²) in [5.41, 5.74) is 0. The van der Waals surface area contributed by atoms with Crippen molar-refractivity contribution in [1.29, 1.82) is 0 Å². The van der Waals surface area contributed by atoms with Gasteiger partial charge < -0.3 is 9.73 Å². The summed E-state index contributed by atoms with van der Waals surface area (Å²) < 4.78 is 29.8. The molecule has 7 heteroatoms. The van der Waals surface area contributed by atoms with Crippen LogP contribution in [0.5, 0.6) is 0 Å². The average molecular weight is 298 g/mol. The van der Waals surface area contributed by atoms with Gasteiger partial charge in [-0.05, 0) is 31.6 Å². The van der Waals surface area contributed by atoms with Gasteiger partial charge in [-0.25, -0.2) is 12.7 Å². The molecule has 2 rings (SSSR count). The van der Waals surface area contributed by atoms with Crippen molar-refractivity contribution in [3.8, 4) is 0 Å². The first-order valence-electron chi connectivity index (χ1n) is 6.47. The van der Waals surface area contributed by atoms with E-state index in [2.05, 4.69) is 5.32 Å². The second kappa shape index (κ2) is 6.23. The number of aryl methyl sites for hydroxylation is 1. The van der Waals surface area contributed by atoms with Gasteiger partial charge in [0.15, 0.2) is 0 Å². The Balaban J connectivity index is 1.74. The largest absolute Gasteiger partial charge is 0.462 e. The molecule has 0 aromatic carbocycles. The van der Waals surface area contributed by atoms with Crippen LogP contribution in [0.3, 0.4) is 0 Å². The van der Waals surface area contributed by atoms with Crippen molar-refractivity contribution in [3.63, 3.8) is 0 Å². The van der Waals surface area contributed by atoms with Crippen molar-refractivity contribution in [2.24, 2.45) is 0 Å². The first kappa shape index (κ1) is 14.8. The first-order valence-corrected chi connectivity index (χ1v) is 8.08. The number of hydrogen-bond donors (Lipinski definition) is 1. The number of nitrogens with zero attached hydrogens (tertiary/aromatic N) is 1. The summed E-state index contributed by atoms with van der Waals surface area (Å²) in [5.74, 6) is 1.33. The predicted molar refractivity (Wildman–Crippen MR) is 75.5 cm³/mol. The summed E-state index contributed by atoms with van der Waals surface area (Å²) in [6.07, 6.45) is 3.61. The van der Waals surface area contributed by atoms with Crippen LogP contribution in [0.4, 0.5) is 0 Å². The maximum absolute atomic E-state index is 11.6. The van der Waals surface area contributed by atoms with E-state index in [0.29, 0.717) is 31.8 Å². The second-order valence-electron chi connectivity index (χ2n) is 4.64. The highest BCUT2D eigenvalue weighted by atomic mass is 32.2. The molecule has 1 aromatic rings. The first-order chi connectivity index (χ1) is 9.47. The van der Waals surface area contributed by atoms with Crippen molar-refractivity contribution in [2.45, 2.75) is 13.3 Å². The number of amides is 1. The van der Waals surface area contributed by atoms with Gasteiger partial charge in [-0.3, -0.25) is 4.79 Å². The Kier molecular flexibility index (Phi) is 4.61. The Hall–Kier alpha value is -1.60. The van der Waals surface area contributed by atoms with Crippen LogP contribution in [-0.4, -0.2) is 44.0 Å². The molecule has 110 valence electrons. The maximum Gasteiger partial charge on any atom is 0.244 e. The van der Waals surface area contributed by atoms with E-state index in [-0.39, 0.29) is 11.7 Å². The summed E-state index contributed by atoms with van der Waals surface area (Å²) in [6, 6.07) is 3.59. The predicted octanol–water partition coefficient (Wildman–Crippen LogP) is 0.753. The van der Waals surface area contributed by atoms with Crippen LogP contribution >= 0.6 is 0 Å². The second-order valence-corrected chi connectivity index (χ2v) is 6.73. The maximum atomic E-state index is 11.6. The van der Waals surface area contributed by atoms with Gasteiger partial charge in [0.25, 0.3) is 0 Å². The molecule has 0 saturated carbocycles. The lowest BCUT2D eigenvalue weighted by atomic mass is 10.4. The van der Waals surface area contributed by atoms with Gasteiger partial charge in [0.1, 0.15) is 11.5 Å². The number of rotatable bonds is 5. The zero-order valence-electron chi connectivity index (χ0n) is 11.3. The third kappa shape index (κ3) is 3.94. The lowest BCUT2D eigenvalue weighted by Crippen LogP contribution is -2.35. The van der Waals surface area contributed by atoms with E-state index in [1.807, 2.05) is 13.0 Å². The van der Waals surface area contributed by atoms with Gasteiger partial charge in [-0.1, -0.05) is 0 Å². The number of carbonyl (C=O) groups is 1. The lowest BCUT2D eigenvalue weighted by molar-refractivity contribution is -0.116. The molecule has 1 fully saturated rings. The van der Waals surface area contributed by atoms with Crippen LogP contribution in [0.25, 0.3) is 6.08 Å². The molecule has 1 aliphatic heterocycles. The normalized spacial score (nSPS) is 18.6. The van der Waals surface area contributed by atoms with Crippen molar-refractivity contribution in [3.05, 3.63) is 29.7 Å². The molecule has 1 saturated heterocycles. The SMILES string of the molecule is Cc1ccc(/C=C/C(=O)NCCN2CCCS2(=O)=O)o1. The summed E-state index contributed by atoms with van der Waals surface area (Å²) in [5, 5.41) is 2.65. The third-order valence-corrected chi connectivity index (χ3v) is 4.98. The minimum atomic E-state index is -3.09. The Labute approximate surface area is 118 Å². The molecule has 1 N–H and O–H groups in total. The van der Waals surface area contributed by atoms with E-state index < -0.39 is 10.0 Å². The Morgan fingerprint density at radius 1 is 1.50 bits per heavy atom. The van der Waals surface area contributed by atoms with Crippen LogP contribution in [0.1, 0.15) is 17.9 Å². The van der Waals surface area contributed by atoms with E-state index in [1.54, 1.807) is 12.1 Å². The average Bonchev–Trinajstić information content (AvgIpc) is 2.93.